The fourth-order valence-corrected chi connectivity index (χ4v) is 3.88. The van der Waals surface area contributed by atoms with E-state index >= 15 is 0 Å². The van der Waals surface area contributed by atoms with E-state index in [0.717, 1.165) is 31.2 Å². The summed E-state index contributed by atoms with van der Waals surface area (Å²) >= 11 is 0. The van der Waals surface area contributed by atoms with E-state index in [1.165, 1.54) is 0 Å². The van der Waals surface area contributed by atoms with E-state index in [9.17, 15) is 9.59 Å². The molecule has 2 heterocycles. The van der Waals surface area contributed by atoms with Crippen LogP contribution in [0.15, 0.2) is 28.8 Å². The molecule has 7 heteroatoms. The number of amides is 2. The largest absolute Gasteiger partial charge is 0.336 e. The zero-order chi connectivity index (χ0) is 20.5. The van der Waals surface area contributed by atoms with E-state index in [2.05, 4.69) is 20.8 Å². The number of carbonyl (C=O) groups is 2. The third kappa shape index (κ3) is 3.85. The molecule has 7 nitrogen and oxygen atoms in total. The van der Waals surface area contributed by atoms with Crippen LogP contribution in [-0.4, -0.2) is 22.0 Å². The number of nitrogens with one attached hydrogen (secondary N) is 2. The number of anilines is 2. The summed E-state index contributed by atoms with van der Waals surface area (Å²) in [6.07, 6.45) is 4.01. The molecule has 1 saturated carbocycles. The number of carbonyl (C=O) groups excluding carboxylic acids is 2. The van der Waals surface area contributed by atoms with Gasteiger partial charge in [0.25, 0.3) is 11.6 Å². The zero-order valence-electron chi connectivity index (χ0n) is 16.8. The Labute approximate surface area is 168 Å². The van der Waals surface area contributed by atoms with Gasteiger partial charge in [0.1, 0.15) is 0 Å². The van der Waals surface area contributed by atoms with Crippen LogP contribution in [0.2, 0.25) is 0 Å². The number of hydrogen-bond acceptors (Lipinski definition) is 5. The molecular weight excluding hydrogens is 368 g/mol. The van der Waals surface area contributed by atoms with Crippen molar-refractivity contribution < 1.29 is 14.1 Å². The fraction of sp³-hybridized carbons (Fsp3) is 0.364. The van der Waals surface area contributed by atoms with Crippen molar-refractivity contribution in [2.75, 3.05) is 10.6 Å². The summed E-state index contributed by atoms with van der Waals surface area (Å²) in [5.74, 6) is -0.241. The molecule has 0 saturated heterocycles. The molecule has 2 aromatic heterocycles. The number of aromatic nitrogens is 2. The molecule has 2 amide bonds. The first-order valence-electron chi connectivity index (χ1n) is 9.89. The molecule has 1 fully saturated rings. The lowest BCUT2D eigenvalue weighted by Gasteiger charge is -2.16. The molecule has 0 aliphatic heterocycles. The van der Waals surface area contributed by atoms with Gasteiger partial charge >= 0.3 is 0 Å². The highest BCUT2D eigenvalue weighted by molar-refractivity contribution is 6.13. The lowest BCUT2D eigenvalue weighted by Crippen LogP contribution is -2.22. The van der Waals surface area contributed by atoms with Crippen molar-refractivity contribution in [3.05, 3.63) is 46.8 Å². The van der Waals surface area contributed by atoms with E-state index < -0.39 is 0 Å². The third-order valence-corrected chi connectivity index (χ3v) is 5.40. The molecule has 150 valence electrons. The van der Waals surface area contributed by atoms with E-state index in [1.54, 1.807) is 19.9 Å². The van der Waals surface area contributed by atoms with Gasteiger partial charge in [-0.2, -0.15) is 0 Å². The normalized spacial score (nSPS) is 14.3. The molecule has 0 unspecified atom stereocenters. The number of rotatable bonds is 4. The third-order valence-electron chi connectivity index (χ3n) is 5.40. The van der Waals surface area contributed by atoms with Gasteiger partial charge in [0.2, 0.25) is 5.91 Å². The van der Waals surface area contributed by atoms with Crippen LogP contribution in [0.5, 0.6) is 0 Å². The summed E-state index contributed by atoms with van der Waals surface area (Å²) in [6, 6.07) is 7.32. The second-order valence-corrected chi connectivity index (χ2v) is 7.73. The van der Waals surface area contributed by atoms with Crippen molar-refractivity contribution in [3.8, 4) is 0 Å². The SMILES string of the molecule is Cc1ccc(NC(=O)C2CCCC2)c(NC(=O)c2cc(C)nc3onc(C)c23)c1. The molecule has 1 aliphatic rings. The molecule has 1 aromatic carbocycles. The van der Waals surface area contributed by atoms with Gasteiger partial charge in [-0.3, -0.25) is 9.59 Å². The Morgan fingerprint density at radius 2 is 1.79 bits per heavy atom. The van der Waals surface area contributed by atoms with Gasteiger partial charge in [0, 0.05) is 11.6 Å². The molecule has 2 N–H and O–H groups in total. The Morgan fingerprint density at radius 1 is 1.03 bits per heavy atom. The Kier molecular flexibility index (Phi) is 5.05. The van der Waals surface area contributed by atoms with Gasteiger partial charge in [-0.15, -0.1) is 0 Å². The van der Waals surface area contributed by atoms with Crippen molar-refractivity contribution >= 4 is 34.3 Å². The van der Waals surface area contributed by atoms with Crippen LogP contribution >= 0.6 is 0 Å². The first kappa shape index (κ1) is 19.1. The van der Waals surface area contributed by atoms with E-state index in [1.807, 2.05) is 25.1 Å². The zero-order valence-corrected chi connectivity index (χ0v) is 16.8. The van der Waals surface area contributed by atoms with Gasteiger partial charge in [-0.1, -0.05) is 24.1 Å². The monoisotopic (exact) mass is 392 g/mol. The Bertz CT molecular complexity index is 1100. The lowest BCUT2D eigenvalue weighted by atomic mass is 10.1. The van der Waals surface area contributed by atoms with Gasteiger partial charge in [-0.25, -0.2) is 4.98 Å². The average Bonchev–Trinajstić information content (AvgIpc) is 3.34. The second-order valence-electron chi connectivity index (χ2n) is 7.73. The number of nitrogens with zero attached hydrogens (tertiary/aromatic N) is 2. The summed E-state index contributed by atoms with van der Waals surface area (Å²) in [4.78, 5) is 30.0. The van der Waals surface area contributed by atoms with Crippen molar-refractivity contribution in [3.63, 3.8) is 0 Å². The summed E-state index contributed by atoms with van der Waals surface area (Å²) in [5.41, 5.74) is 4.21. The minimum absolute atomic E-state index is 0.0128. The van der Waals surface area contributed by atoms with Crippen LogP contribution in [0, 0.1) is 26.7 Å². The van der Waals surface area contributed by atoms with Crippen LogP contribution in [0.4, 0.5) is 11.4 Å². The number of aryl methyl sites for hydroxylation is 3. The molecule has 0 atom stereocenters. The predicted octanol–water partition coefficient (Wildman–Crippen LogP) is 4.53. The smallest absolute Gasteiger partial charge is 0.258 e. The quantitative estimate of drug-likeness (QED) is 0.680. The van der Waals surface area contributed by atoms with E-state index in [0.29, 0.717) is 39.4 Å². The highest BCUT2D eigenvalue weighted by atomic mass is 16.5. The Morgan fingerprint density at radius 3 is 2.55 bits per heavy atom. The molecule has 0 radical (unpaired) electrons. The summed E-state index contributed by atoms with van der Waals surface area (Å²) in [7, 11) is 0. The van der Waals surface area contributed by atoms with Crippen LogP contribution in [0.1, 0.15) is 53.0 Å². The summed E-state index contributed by atoms with van der Waals surface area (Å²) in [6.45, 7) is 5.52. The number of fused-ring (bicyclic) bond motifs is 1. The summed E-state index contributed by atoms with van der Waals surface area (Å²) < 4.78 is 5.22. The van der Waals surface area contributed by atoms with Crippen LogP contribution in [0.3, 0.4) is 0 Å². The molecule has 29 heavy (non-hydrogen) atoms. The highest BCUT2D eigenvalue weighted by Crippen LogP contribution is 2.30. The van der Waals surface area contributed by atoms with E-state index in [4.69, 9.17) is 4.52 Å². The Hall–Kier alpha value is -3.22. The minimum Gasteiger partial charge on any atom is -0.336 e. The number of pyridine rings is 1. The molecule has 4 rings (SSSR count). The van der Waals surface area contributed by atoms with Gasteiger partial charge in [0.05, 0.1) is 28.0 Å². The number of benzene rings is 1. The van der Waals surface area contributed by atoms with Crippen LogP contribution < -0.4 is 10.6 Å². The second kappa shape index (κ2) is 7.66. The molecule has 3 aromatic rings. The van der Waals surface area contributed by atoms with Crippen LogP contribution in [0.25, 0.3) is 11.1 Å². The number of hydrogen-bond donors (Lipinski definition) is 2. The Balaban J connectivity index is 1.64. The van der Waals surface area contributed by atoms with Crippen molar-refractivity contribution in [2.24, 2.45) is 5.92 Å². The lowest BCUT2D eigenvalue weighted by molar-refractivity contribution is -0.119. The molecule has 0 spiro atoms. The van der Waals surface area contributed by atoms with Crippen molar-refractivity contribution in [1.29, 1.82) is 0 Å². The average molecular weight is 392 g/mol. The maximum absolute atomic E-state index is 13.1. The van der Waals surface area contributed by atoms with Gasteiger partial charge < -0.3 is 15.2 Å². The first-order chi connectivity index (χ1) is 13.9. The summed E-state index contributed by atoms with van der Waals surface area (Å²) in [5, 5.41) is 10.5. The van der Waals surface area contributed by atoms with Crippen molar-refractivity contribution in [2.45, 2.75) is 46.5 Å². The standard InChI is InChI=1S/C22H24N4O3/c1-12-8-9-17(24-20(27)15-6-4-5-7-15)18(10-12)25-21(28)16-11-13(2)23-22-19(16)14(3)26-29-22/h8-11,15H,4-7H2,1-3H3,(H,24,27)(H,25,28). The maximum Gasteiger partial charge on any atom is 0.258 e. The fourth-order valence-electron chi connectivity index (χ4n) is 3.88. The minimum atomic E-state index is -0.297. The molecular formula is C22H24N4O3. The van der Waals surface area contributed by atoms with Gasteiger partial charge in [-0.05, 0) is 57.4 Å². The maximum atomic E-state index is 13.1. The van der Waals surface area contributed by atoms with Gasteiger partial charge in [0.15, 0.2) is 0 Å². The van der Waals surface area contributed by atoms with E-state index in [-0.39, 0.29) is 17.7 Å². The first-order valence-corrected chi connectivity index (χ1v) is 9.89. The topological polar surface area (TPSA) is 97.1 Å². The van der Waals surface area contributed by atoms with Crippen LogP contribution in [-0.2, 0) is 4.79 Å². The highest BCUT2D eigenvalue weighted by Gasteiger charge is 2.24. The molecule has 0 bridgehead atoms. The van der Waals surface area contributed by atoms with Crippen molar-refractivity contribution in [1.82, 2.24) is 10.1 Å². The predicted molar refractivity (Wildman–Crippen MR) is 111 cm³/mol. The molecule has 1 aliphatic carbocycles.